The van der Waals surface area contributed by atoms with E-state index in [1.807, 2.05) is 13.1 Å². The van der Waals surface area contributed by atoms with E-state index < -0.39 is 0 Å². The van der Waals surface area contributed by atoms with Crippen molar-refractivity contribution in [2.75, 3.05) is 13.2 Å². The summed E-state index contributed by atoms with van der Waals surface area (Å²) in [5, 5.41) is 23.2. The van der Waals surface area contributed by atoms with Crippen LogP contribution in [0.15, 0.2) is 11.6 Å². The molecule has 0 fully saturated rings. The Balaban J connectivity index is 1.68. The standard InChI is InChI=1S/C11H17N5OS/c1-9-13-10(8-18-9)2-3-12-6-11-7-16(4-5-17)15-14-11/h7-8,12,17H,2-6H2,1H3. The fourth-order valence-corrected chi connectivity index (χ4v) is 2.23. The van der Waals surface area contributed by atoms with Gasteiger partial charge in [0.15, 0.2) is 0 Å². The van der Waals surface area contributed by atoms with Gasteiger partial charge in [0.05, 0.1) is 29.5 Å². The Morgan fingerprint density at radius 2 is 2.33 bits per heavy atom. The van der Waals surface area contributed by atoms with Crippen LogP contribution in [-0.4, -0.2) is 38.2 Å². The van der Waals surface area contributed by atoms with Crippen LogP contribution < -0.4 is 5.32 Å². The van der Waals surface area contributed by atoms with Gasteiger partial charge in [0.25, 0.3) is 0 Å². The molecule has 0 unspecified atom stereocenters. The highest BCUT2D eigenvalue weighted by atomic mass is 32.1. The summed E-state index contributed by atoms with van der Waals surface area (Å²) < 4.78 is 1.64. The van der Waals surface area contributed by atoms with Gasteiger partial charge in [-0.15, -0.1) is 16.4 Å². The molecule has 0 atom stereocenters. The molecule has 7 heteroatoms. The van der Waals surface area contributed by atoms with E-state index in [2.05, 4.69) is 26.0 Å². The van der Waals surface area contributed by atoms with Crippen molar-refractivity contribution < 1.29 is 5.11 Å². The minimum absolute atomic E-state index is 0.0827. The summed E-state index contributed by atoms with van der Waals surface area (Å²) in [7, 11) is 0. The van der Waals surface area contributed by atoms with Crippen molar-refractivity contribution in [3.63, 3.8) is 0 Å². The molecule has 98 valence electrons. The first-order chi connectivity index (χ1) is 8.78. The van der Waals surface area contributed by atoms with E-state index in [0.717, 1.165) is 29.4 Å². The number of hydrogen-bond acceptors (Lipinski definition) is 6. The zero-order chi connectivity index (χ0) is 12.8. The SMILES string of the molecule is Cc1nc(CCNCc2cn(CCO)nn2)cs1. The highest BCUT2D eigenvalue weighted by Gasteiger charge is 2.01. The van der Waals surface area contributed by atoms with Gasteiger partial charge < -0.3 is 10.4 Å². The second-order valence-electron chi connectivity index (χ2n) is 3.98. The summed E-state index contributed by atoms with van der Waals surface area (Å²) in [5.41, 5.74) is 2.02. The summed E-state index contributed by atoms with van der Waals surface area (Å²) in [6.07, 6.45) is 2.77. The van der Waals surface area contributed by atoms with Crippen LogP contribution in [-0.2, 0) is 19.5 Å². The Morgan fingerprint density at radius 1 is 1.44 bits per heavy atom. The van der Waals surface area contributed by atoms with Crippen molar-refractivity contribution >= 4 is 11.3 Å². The molecule has 0 aliphatic carbocycles. The first-order valence-electron chi connectivity index (χ1n) is 5.89. The topological polar surface area (TPSA) is 75.9 Å². The number of aryl methyl sites for hydroxylation is 1. The van der Waals surface area contributed by atoms with Crippen LogP contribution >= 0.6 is 11.3 Å². The monoisotopic (exact) mass is 267 g/mol. The van der Waals surface area contributed by atoms with Crippen molar-refractivity contribution in [2.24, 2.45) is 0 Å². The molecule has 2 aromatic heterocycles. The Kier molecular flexibility index (Phi) is 4.80. The Labute approximate surface area is 110 Å². The lowest BCUT2D eigenvalue weighted by molar-refractivity contribution is 0.268. The van der Waals surface area contributed by atoms with E-state index in [1.165, 1.54) is 0 Å². The maximum Gasteiger partial charge on any atom is 0.0964 e. The van der Waals surface area contributed by atoms with Crippen LogP contribution in [0.3, 0.4) is 0 Å². The second-order valence-corrected chi connectivity index (χ2v) is 5.04. The lowest BCUT2D eigenvalue weighted by atomic mass is 10.3. The van der Waals surface area contributed by atoms with Crippen LogP contribution in [0, 0.1) is 6.92 Å². The highest BCUT2D eigenvalue weighted by molar-refractivity contribution is 7.09. The van der Waals surface area contributed by atoms with Crippen molar-refractivity contribution in [3.8, 4) is 0 Å². The Bertz CT molecular complexity index is 481. The molecule has 0 spiro atoms. The number of aliphatic hydroxyl groups is 1. The number of aromatic nitrogens is 4. The molecule has 18 heavy (non-hydrogen) atoms. The largest absolute Gasteiger partial charge is 0.394 e. The molecule has 2 N–H and O–H groups in total. The number of rotatable bonds is 7. The van der Waals surface area contributed by atoms with Crippen LogP contribution in [0.2, 0.25) is 0 Å². The van der Waals surface area contributed by atoms with Gasteiger partial charge in [0.2, 0.25) is 0 Å². The average Bonchev–Trinajstić information content (AvgIpc) is 2.95. The van der Waals surface area contributed by atoms with Crippen molar-refractivity contribution in [1.82, 2.24) is 25.3 Å². The second kappa shape index (κ2) is 6.58. The van der Waals surface area contributed by atoms with Crippen molar-refractivity contribution in [2.45, 2.75) is 26.4 Å². The molecule has 2 aromatic rings. The molecular weight excluding hydrogens is 250 g/mol. The summed E-state index contributed by atoms with van der Waals surface area (Å²) in [4.78, 5) is 4.40. The lowest BCUT2D eigenvalue weighted by Gasteiger charge is -1.99. The molecular formula is C11H17N5OS. The smallest absolute Gasteiger partial charge is 0.0964 e. The minimum atomic E-state index is 0.0827. The van der Waals surface area contributed by atoms with Crippen molar-refractivity contribution in [3.05, 3.63) is 28.0 Å². The van der Waals surface area contributed by atoms with E-state index in [1.54, 1.807) is 16.0 Å². The number of hydrogen-bond donors (Lipinski definition) is 2. The molecule has 0 amide bonds. The molecule has 0 radical (unpaired) electrons. The summed E-state index contributed by atoms with van der Waals surface area (Å²) in [6, 6.07) is 0. The molecule has 6 nitrogen and oxygen atoms in total. The first-order valence-corrected chi connectivity index (χ1v) is 6.77. The summed E-state index contributed by atoms with van der Waals surface area (Å²) in [6.45, 7) is 4.15. The number of nitrogens with zero attached hydrogens (tertiary/aromatic N) is 4. The number of nitrogens with one attached hydrogen (secondary N) is 1. The third-order valence-electron chi connectivity index (χ3n) is 2.45. The zero-order valence-electron chi connectivity index (χ0n) is 10.3. The van der Waals surface area contributed by atoms with Gasteiger partial charge in [-0.05, 0) is 6.92 Å². The molecule has 0 saturated heterocycles. The van der Waals surface area contributed by atoms with Gasteiger partial charge in [0.1, 0.15) is 0 Å². The van der Waals surface area contributed by atoms with Gasteiger partial charge in [-0.2, -0.15) is 0 Å². The fourth-order valence-electron chi connectivity index (χ4n) is 1.59. The zero-order valence-corrected chi connectivity index (χ0v) is 11.2. The molecule has 0 aliphatic heterocycles. The van der Waals surface area contributed by atoms with Crippen molar-refractivity contribution in [1.29, 1.82) is 0 Å². The van der Waals surface area contributed by atoms with Gasteiger partial charge >= 0.3 is 0 Å². The Hall–Kier alpha value is -1.31. The molecule has 0 aromatic carbocycles. The minimum Gasteiger partial charge on any atom is -0.394 e. The van der Waals surface area contributed by atoms with Crippen LogP contribution in [0.5, 0.6) is 0 Å². The predicted molar refractivity (Wildman–Crippen MR) is 69.4 cm³/mol. The van der Waals surface area contributed by atoms with Crippen LogP contribution in [0.1, 0.15) is 16.4 Å². The van der Waals surface area contributed by atoms with E-state index in [4.69, 9.17) is 5.11 Å². The maximum absolute atomic E-state index is 8.76. The highest BCUT2D eigenvalue weighted by Crippen LogP contribution is 2.07. The molecule has 0 saturated carbocycles. The van der Waals surface area contributed by atoms with E-state index in [9.17, 15) is 0 Å². The molecule has 2 rings (SSSR count). The molecule has 2 heterocycles. The number of aliphatic hydroxyl groups excluding tert-OH is 1. The normalized spacial score (nSPS) is 11.0. The average molecular weight is 267 g/mol. The van der Waals surface area contributed by atoms with Gasteiger partial charge in [-0.3, -0.25) is 0 Å². The molecule has 0 bridgehead atoms. The van der Waals surface area contributed by atoms with Crippen LogP contribution in [0.4, 0.5) is 0 Å². The van der Waals surface area contributed by atoms with Gasteiger partial charge in [-0.25, -0.2) is 9.67 Å². The lowest BCUT2D eigenvalue weighted by Crippen LogP contribution is -2.17. The van der Waals surface area contributed by atoms with E-state index in [0.29, 0.717) is 13.1 Å². The Morgan fingerprint density at radius 3 is 3.06 bits per heavy atom. The third-order valence-corrected chi connectivity index (χ3v) is 3.27. The van der Waals surface area contributed by atoms with Gasteiger partial charge in [-0.1, -0.05) is 5.21 Å². The number of thiazole rings is 1. The van der Waals surface area contributed by atoms with Crippen LogP contribution in [0.25, 0.3) is 0 Å². The quantitative estimate of drug-likeness (QED) is 0.709. The third kappa shape index (κ3) is 3.86. The summed E-state index contributed by atoms with van der Waals surface area (Å²) >= 11 is 1.68. The van der Waals surface area contributed by atoms with E-state index >= 15 is 0 Å². The summed E-state index contributed by atoms with van der Waals surface area (Å²) in [5.74, 6) is 0. The maximum atomic E-state index is 8.76. The molecule has 0 aliphatic rings. The predicted octanol–water partition coefficient (Wildman–Crippen LogP) is 0.368. The first kappa shape index (κ1) is 13.1. The fraction of sp³-hybridized carbons (Fsp3) is 0.545. The van der Waals surface area contributed by atoms with E-state index in [-0.39, 0.29) is 6.61 Å². The van der Waals surface area contributed by atoms with Gasteiger partial charge in [0, 0.05) is 31.1 Å².